The summed E-state index contributed by atoms with van der Waals surface area (Å²) in [7, 11) is 0. The monoisotopic (exact) mass is 623 g/mol. The van der Waals surface area contributed by atoms with Crippen LogP contribution in [0.2, 0.25) is 0 Å². The summed E-state index contributed by atoms with van der Waals surface area (Å²) in [5, 5.41) is 10.2. The van der Waals surface area contributed by atoms with Crippen LogP contribution < -0.4 is 10.6 Å². The summed E-state index contributed by atoms with van der Waals surface area (Å²) in [4.78, 5) is 37.3. The molecule has 2 amide bonds. The van der Waals surface area contributed by atoms with E-state index in [1.807, 2.05) is 0 Å². The summed E-state index contributed by atoms with van der Waals surface area (Å²) >= 11 is 3.30. The molecule has 0 radical (unpaired) electrons. The molecule has 0 aliphatic carbocycles. The summed E-state index contributed by atoms with van der Waals surface area (Å²) in [6, 6.07) is 13.8. The van der Waals surface area contributed by atoms with Gasteiger partial charge in [-0.25, -0.2) is 15.0 Å². The lowest BCUT2D eigenvalue weighted by Gasteiger charge is -2.13. The Bertz CT molecular complexity index is 1770. The van der Waals surface area contributed by atoms with Gasteiger partial charge in [0.15, 0.2) is 0 Å². The SMILES string of the molecule is Cc1nn(Cc2ccc(C(=O)Nc3ccncn3)cc2)c(C)c1NC(=O)c1cc(C(F)(F)F)nc2ccc(Br)cc12. The molecule has 41 heavy (non-hydrogen) atoms. The van der Waals surface area contributed by atoms with Crippen LogP contribution in [0.5, 0.6) is 0 Å². The van der Waals surface area contributed by atoms with Crippen molar-refractivity contribution in [2.75, 3.05) is 10.6 Å². The Morgan fingerprint density at radius 2 is 1.73 bits per heavy atom. The van der Waals surface area contributed by atoms with Crippen molar-refractivity contribution in [3.8, 4) is 0 Å². The Morgan fingerprint density at radius 3 is 2.41 bits per heavy atom. The molecule has 0 atom stereocenters. The molecule has 2 aromatic carbocycles. The number of carbonyl (C=O) groups excluding carboxylic acids is 2. The van der Waals surface area contributed by atoms with Crippen molar-refractivity contribution < 1.29 is 22.8 Å². The summed E-state index contributed by atoms with van der Waals surface area (Å²) in [5.41, 5.74) is 1.50. The quantitative estimate of drug-likeness (QED) is 0.234. The lowest BCUT2D eigenvalue weighted by Crippen LogP contribution is -2.17. The minimum Gasteiger partial charge on any atom is -0.319 e. The van der Waals surface area contributed by atoms with Crippen LogP contribution in [0, 0.1) is 13.8 Å². The first-order chi connectivity index (χ1) is 19.5. The molecule has 0 fully saturated rings. The zero-order valence-electron chi connectivity index (χ0n) is 21.6. The molecule has 5 aromatic rings. The number of nitrogens with zero attached hydrogens (tertiary/aromatic N) is 5. The van der Waals surface area contributed by atoms with E-state index in [9.17, 15) is 22.8 Å². The van der Waals surface area contributed by atoms with Crippen molar-refractivity contribution in [1.29, 1.82) is 0 Å². The van der Waals surface area contributed by atoms with E-state index in [0.717, 1.165) is 11.6 Å². The third-order valence-corrected chi connectivity index (χ3v) is 6.79. The van der Waals surface area contributed by atoms with E-state index >= 15 is 0 Å². The number of hydrogen-bond donors (Lipinski definition) is 2. The minimum absolute atomic E-state index is 0.0477. The lowest BCUT2D eigenvalue weighted by atomic mass is 10.1. The smallest absolute Gasteiger partial charge is 0.319 e. The number of halogens is 4. The van der Waals surface area contributed by atoms with Gasteiger partial charge in [-0.15, -0.1) is 0 Å². The van der Waals surface area contributed by atoms with Crippen molar-refractivity contribution in [1.82, 2.24) is 24.7 Å². The molecule has 0 saturated heterocycles. The Morgan fingerprint density at radius 1 is 0.976 bits per heavy atom. The number of fused-ring (bicyclic) bond motifs is 1. The average Bonchev–Trinajstić information content (AvgIpc) is 3.20. The Labute approximate surface area is 240 Å². The number of benzene rings is 2. The zero-order chi connectivity index (χ0) is 29.3. The molecule has 0 spiro atoms. The second-order valence-electron chi connectivity index (χ2n) is 9.12. The topological polar surface area (TPSA) is 115 Å². The molecule has 3 aromatic heterocycles. The van der Waals surface area contributed by atoms with Gasteiger partial charge in [-0.05, 0) is 61.9 Å². The van der Waals surface area contributed by atoms with E-state index < -0.39 is 17.8 Å². The van der Waals surface area contributed by atoms with Crippen molar-refractivity contribution in [3.05, 3.63) is 105 Å². The van der Waals surface area contributed by atoms with Gasteiger partial charge in [-0.3, -0.25) is 14.3 Å². The predicted octanol–water partition coefficient (Wildman–Crippen LogP) is 6.17. The normalized spacial score (nSPS) is 11.5. The largest absolute Gasteiger partial charge is 0.433 e. The third-order valence-electron chi connectivity index (χ3n) is 6.30. The highest BCUT2D eigenvalue weighted by Crippen LogP contribution is 2.32. The first-order valence-electron chi connectivity index (χ1n) is 12.2. The average molecular weight is 624 g/mol. The molecule has 0 aliphatic rings. The highest BCUT2D eigenvalue weighted by Gasteiger charge is 2.34. The number of hydrogen-bond acceptors (Lipinski definition) is 6. The molecular formula is C28H21BrF3N7O2. The van der Waals surface area contributed by atoms with Crippen LogP contribution in [0.25, 0.3) is 10.9 Å². The van der Waals surface area contributed by atoms with Crippen LogP contribution in [-0.2, 0) is 12.7 Å². The maximum atomic E-state index is 13.5. The minimum atomic E-state index is -4.72. The van der Waals surface area contributed by atoms with E-state index in [-0.39, 0.29) is 22.4 Å². The van der Waals surface area contributed by atoms with Gasteiger partial charge < -0.3 is 10.6 Å². The van der Waals surface area contributed by atoms with Gasteiger partial charge >= 0.3 is 6.18 Å². The predicted molar refractivity (Wildman–Crippen MR) is 150 cm³/mol. The number of aryl methyl sites for hydroxylation is 1. The molecule has 5 rings (SSSR count). The molecule has 0 aliphatic heterocycles. The third kappa shape index (κ3) is 6.09. The maximum absolute atomic E-state index is 13.5. The first kappa shape index (κ1) is 27.9. The highest BCUT2D eigenvalue weighted by molar-refractivity contribution is 9.10. The van der Waals surface area contributed by atoms with Crippen LogP contribution in [0.3, 0.4) is 0 Å². The van der Waals surface area contributed by atoms with Crippen LogP contribution in [0.1, 0.15) is 43.4 Å². The number of pyridine rings is 1. The van der Waals surface area contributed by atoms with Crippen molar-refractivity contribution >= 4 is 50.2 Å². The summed E-state index contributed by atoms with van der Waals surface area (Å²) in [6.07, 6.45) is -1.87. The number of nitrogens with one attached hydrogen (secondary N) is 2. The molecule has 9 nitrogen and oxygen atoms in total. The molecule has 2 N–H and O–H groups in total. The molecule has 0 unspecified atom stereocenters. The maximum Gasteiger partial charge on any atom is 0.433 e. The van der Waals surface area contributed by atoms with Gasteiger partial charge in [-0.2, -0.15) is 18.3 Å². The van der Waals surface area contributed by atoms with Crippen molar-refractivity contribution in [2.45, 2.75) is 26.6 Å². The molecular weight excluding hydrogens is 603 g/mol. The fourth-order valence-corrected chi connectivity index (χ4v) is 4.59. The Kier molecular flexibility index (Phi) is 7.54. The van der Waals surface area contributed by atoms with Crippen LogP contribution >= 0.6 is 15.9 Å². The number of aromatic nitrogens is 5. The first-order valence-corrected chi connectivity index (χ1v) is 13.0. The molecule has 0 bridgehead atoms. The number of alkyl halides is 3. The van der Waals surface area contributed by atoms with Gasteiger partial charge in [-0.1, -0.05) is 28.1 Å². The summed E-state index contributed by atoms with van der Waals surface area (Å²) < 4.78 is 42.8. The fraction of sp³-hybridized carbons (Fsp3) is 0.143. The number of carbonyl (C=O) groups is 2. The molecule has 13 heteroatoms. The molecule has 3 heterocycles. The fourth-order valence-electron chi connectivity index (χ4n) is 4.23. The van der Waals surface area contributed by atoms with E-state index in [4.69, 9.17) is 0 Å². The van der Waals surface area contributed by atoms with Gasteiger partial charge in [0.1, 0.15) is 17.8 Å². The van der Waals surface area contributed by atoms with Gasteiger partial charge in [0.25, 0.3) is 11.8 Å². The van der Waals surface area contributed by atoms with Crippen LogP contribution in [-0.4, -0.2) is 36.5 Å². The number of anilines is 2. The van der Waals surface area contributed by atoms with E-state index in [0.29, 0.717) is 39.5 Å². The zero-order valence-corrected chi connectivity index (χ0v) is 23.2. The van der Waals surface area contributed by atoms with Crippen LogP contribution in [0.4, 0.5) is 24.7 Å². The molecule has 0 saturated carbocycles. The van der Waals surface area contributed by atoms with Crippen molar-refractivity contribution in [2.24, 2.45) is 0 Å². The second-order valence-corrected chi connectivity index (χ2v) is 10.0. The standard InChI is InChI=1S/C28H21BrF3N7O2/c1-15-25(37-27(41)21-12-23(28(30,31)32)35-22-8-7-19(29)11-20(21)22)16(2)39(38-15)13-17-3-5-18(6-4-17)26(40)36-24-9-10-33-14-34-24/h3-12,14H,13H2,1-2H3,(H,37,41)(H,33,34,36,40). The van der Waals surface area contributed by atoms with E-state index in [1.54, 1.807) is 61.0 Å². The van der Waals surface area contributed by atoms with Gasteiger partial charge in [0.05, 0.1) is 34.7 Å². The highest BCUT2D eigenvalue weighted by atomic mass is 79.9. The lowest BCUT2D eigenvalue weighted by molar-refractivity contribution is -0.141. The number of amides is 2. The Balaban J connectivity index is 1.36. The number of rotatable bonds is 6. The van der Waals surface area contributed by atoms with E-state index in [2.05, 4.69) is 46.6 Å². The summed E-state index contributed by atoms with van der Waals surface area (Å²) in [6.45, 7) is 3.78. The van der Waals surface area contributed by atoms with E-state index in [1.165, 1.54) is 18.6 Å². The van der Waals surface area contributed by atoms with Gasteiger partial charge in [0, 0.05) is 21.6 Å². The second kappa shape index (κ2) is 11.1. The molecule has 208 valence electrons. The van der Waals surface area contributed by atoms with Crippen LogP contribution in [0.15, 0.2) is 71.6 Å². The van der Waals surface area contributed by atoms with Crippen molar-refractivity contribution in [3.63, 3.8) is 0 Å². The summed E-state index contributed by atoms with van der Waals surface area (Å²) in [5.74, 6) is -0.658. The van der Waals surface area contributed by atoms with Gasteiger partial charge in [0.2, 0.25) is 0 Å². The Hall–Kier alpha value is -4.65.